The number of carbonyl (C=O) groups is 3. The standard InChI is InChI=1S/C25H28N2O6/c28-22(29)11-13-32-14-12-26-24(30)23(16-9-10-16)27-25(31)33-15-21-19-7-3-1-5-17(19)18-6-2-4-8-20(18)21/h1-8,16,21,23H,9-15H2,(H,26,30)(H,27,31)(H,28,29). The number of carboxylic acids is 1. The number of ether oxygens (including phenoxy) is 2. The summed E-state index contributed by atoms with van der Waals surface area (Å²) in [4.78, 5) is 35.6. The van der Waals surface area contributed by atoms with Crippen LogP contribution in [-0.4, -0.2) is 55.5 Å². The van der Waals surface area contributed by atoms with Crippen LogP contribution in [0.25, 0.3) is 11.1 Å². The molecule has 2 amide bonds. The molecule has 0 aliphatic heterocycles. The predicted octanol–water partition coefficient (Wildman–Crippen LogP) is 2.91. The van der Waals surface area contributed by atoms with E-state index in [1.54, 1.807) is 0 Å². The van der Waals surface area contributed by atoms with Gasteiger partial charge in [-0.15, -0.1) is 0 Å². The second kappa shape index (κ2) is 10.5. The van der Waals surface area contributed by atoms with Gasteiger partial charge in [-0.2, -0.15) is 0 Å². The molecule has 0 heterocycles. The number of carboxylic acid groups (broad SMARTS) is 1. The number of benzene rings is 2. The van der Waals surface area contributed by atoms with Gasteiger partial charge in [-0.05, 0) is 41.0 Å². The lowest BCUT2D eigenvalue weighted by atomic mass is 9.98. The summed E-state index contributed by atoms with van der Waals surface area (Å²) < 4.78 is 10.7. The first-order valence-electron chi connectivity index (χ1n) is 11.2. The number of nitrogens with one attached hydrogen (secondary N) is 2. The molecule has 1 atom stereocenters. The summed E-state index contributed by atoms with van der Waals surface area (Å²) in [6.07, 6.45) is 1.05. The molecule has 4 rings (SSSR count). The Morgan fingerprint density at radius 1 is 0.970 bits per heavy atom. The molecule has 0 radical (unpaired) electrons. The molecule has 33 heavy (non-hydrogen) atoms. The Morgan fingerprint density at radius 2 is 1.61 bits per heavy atom. The third-order valence-electron chi connectivity index (χ3n) is 6.00. The lowest BCUT2D eigenvalue weighted by molar-refractivity contribution is -0.138. The molecule has 3 N–H and O–H groups in total. The van der Waals surface area contributed by atoms with E-state index in [9.17, 15) is 14.4 Å². The van der Waals surface area contributed by atoms with Gasteiger partial charge in [0.15, 0.2) is 0 Å². The van der Waals surface area contributed by atoms with Crippen molar-refractivity contribution in [2.75, 3.05) is 26.4 Å². The summed E-state index contributed by atoms with van der Waals surface area (Å²) in [6, 6.07) is 15.6. The van der Waals surface area contributed by atoms with Gasteiger partial charge in [0.25, 0.3) is 0 Å². The minimum atomic E-state index is -0.930. The molecule has 0 aromatic heterocycles. The maximum absolute atomic E-state index is 12.6. The van der Waals surface area contributed by atoms with Gasteiger partial charge < -0.3 is 25.2 Å². The normalized spacial score (nSPS) is 15.3. The van der Waals surface area contributed by atoms with Gasteiger partial charge in [-0.3, -0.25) is 9.59 Å². The Bertz CT molecular complexity index is 974. The number of alkyl carbamates (subject to hydrolysis) is 1. The van der Waals surface area contributed by atoms with Crippen molar-refractivity contribution in [1.29, 1.82) is 0 Å². The van der Waals surface area contributed by atoms with Crippen LogP contribution in [0.5, 0.6) is 0 Å². The Labute approximate surface area is 192 Å². The van der Waals surface area contributed by atoms with Gasteiger partial charge in [0.1, 0.15) is 12.6 Å². The molecule has 1 unspecified atom stereocenters. The average Bonchev–Trinajstić information content (AvgIpc) is 3.60. The summed E-state index contributed by atoms with van der Waals surface area (Å²) in [6.45, 7) is 0.737. The van der Waals surface area contributed by atoms with E-state index < -0.39 is 18.1 Å². The Kier molecular flexibility index (Phi) is 7.24. The van der Waals surface area contributed by atoms with Crippen molar-refractivity contribution in [3.63, 3.8) is 0 Å². The van der Waals surface area contributed by atoms with Crippen LogP contribution in [0.2, 0.25) is 0 Å². The lowest BCUT2D eigenvalue weighted by Crippen LogP contribution is -2.49. The Balaban J connectivity index is 1.28. The van der Waals surface area contributed by atoms with Crippen molar-refractivity contribution >= 4 is 18.0 Å². The maximum atomic E-state index is 12.6. The minimum absolute atomic E-state index is 0.0423. The highest BCUT2D eigenvalue weighted by atomic mass is 16.5. The van der Waals surface area contributed by atoms with Crippen molar-refractivity contribution in [3.05, 3.63) is 59.7 Å². The number of rotatable bonds is 11. The van der Waals surface area contributed by atoms with Gasteiger partial charge in [0.2, 0.25) is 5.91 Å². The van der Waals surface area contributed by atoms with E-state index in [0.717, 1.165) is 35.1 Å². The van der Waals surface area contributed by atoms with Crippen LogP contribution in [0.3, 0.4) is 0 Å². The number of hydrogen-bond acceptors (Lipinski definition) is 5. The molecule has 0 bridgehead atoms. The highest BCUT2D eigenvalue weighted by Crippen LogP contribution is 2.44. The fourth-order valence-electron chi connectivity index (χ4n) is 4.21. The molecule has 174 valence electrons. The average molecular weight is 453 g/mol. The van der Waals surface area contributed by atoms with E-state index in [1.165, 1.54) is 0 Å². The zero-order valence-electron chi connectivity index (χ0n) is 18.3. The van der Waals surface area contributed by atoms with E-state index in [1.807, 2.05) is 24.3 Å². The molecule has 2 aliphatic rings. The summed E-state index contributed by atoms with van der Waals surface area (Å²) in [5.74, 6) is -1.16. The fourth-order valence-corrected chi connectivity index (χ4v) is 4.21. The van der Waals surface area contributed by atoms with Crippen LogP contribution in [-0.2, 0) is 19.1 Å². The van der Waals surface area contributed by atoms with Crippen LogP contribution in [0.15, 0.2) is 48.5 Å². The summed E-state index contributed by atoms with van der Waals surface area (Å²) in [5, 5.41) is 14.1. The van der Waals surface area contributed by atoms with Crippen molar-refractivity contribution in [2.45, 2.75) is 31.2 Å². The SMILES string of the molecule is O=C(O)CCOCCNC(=O)C(NC(=O)OCC1c2ccccc2-c2ccccc21)C1CC1. The second-order valence-electron chi connectivity index (χ2n) is 8.33. The van der Waals surface area contributed by atoms with E-state index in [0.29, 0.717) is 0 Å². The Morgan fingerprint density at radius 3 is 2.21 bits per heavy atom. The largest absolute Gasteiger partial charge is 0.481 e. The maximum Gasteiger partial charge on any atom is 0.407 e. The van der Waals surface area contributed by atoms with Crippen LogP contribution >= 0.6 is 0 Å². The van der Waals surface area contributed by atoms with Gasteiger partial charge in [0.05, 0.1) is 19.6 Å². The first-order valence-corrected chi connectivity index (χ1v) is 11.2. The number of fused-ring (bicyclic) bond motifs is 3. The highest BCUT2D eigenvalue weighted by molar-refractivity contribution is 5.86. The Hall–Kier alpha value is -3.39. The number of amides is 2. The summed E-state index contributed by atoms with van der Waals surface area (Å²) >= 11 is 0. The van der Waals surface area contributed by atoms with Gasteiger partial charge in [-0.1, -0.05) is 48.5 Å². The molecule has 0 saturated heterocycles. The van der Waals surface area contributed by atoms with Crippen LogP contribution in [0, 0.1) is 5.92 Å². The first kappa shape index (κ1) is 22.8. The monoisotopic (exact) mass is 452 g/mol. The number of hydrogen-bond donors (Lipinski definition) is 3. The third-order valence-corrected chi connectivity index (χ3v) is 6.00. The zero-order valence-corrected chi connectivity index (χ0v) is 18.3. The smallest absolute Gasteiger partial charge is 0.407 e. The van der Waals surface area contributed by atoms with Gasteiger partial charge in [-0.25, -0.2) is 4.79 Å². The van der Waals surface area contributed by atoms with Crippen molar-refractivity contribution in [2.24, 2.45) is 5.92 Å². The van der Waals surface area contributed by atoms with Gasteiger partial charge in [0, 0.05) is 12.5 Å². The number of aliphatic carboxylic acids is 1. The van der Waals surface area contributed by atoms with E-state index in [2.05, 4.69) is 34.9 Å². The second-order valence-corrected chi connectivity index (χ2v) is 8.33. The van der Waals surface area contributed by atoms with Gasteiger partial charge >= 0.3 is 12.1 Å². The molecule has 2 aliphatic carbocycles. The quantitative estimate of drug-likeness (QED) is 0.452. The summed E-state index contributed by atoms with van der Waals surface area (Å²) in [7, 11) is 0. The topological polar surface area (TPSA) is 114 Å². The first-order chi connectivity index (χ1) is 16.0. The number of carbonyl (C=O) groups excluding carboxylic acids is 2. The summed E-state index contributed by atoms with van der Waals surface area (Å²) in [5.41, 5.74) is 4.57. The molecule has 8 nitrogen and oxygen atoms in total. The molecule has 2 aromatic carbocycles. The van der Waals surface area contributed by atoms with E-state index in [4.69, 9.17) is 14.6 Å². The molecule has 1 saturated carbocycles. The minimum Gasteiger partial charge on any atom is -0.481 e. The highest BCUT2D eigenvalue weighted by Gasteiger charge is 2.38. The molecular formula is C25H28N2O6. The van der Waals surface area contributed by atoms with Crippen molar-refractivity contribution < 1.29 is 29.0 Å². The molecule has 0 spiro atoms. The molecular weight excluding hydrogens is 424 g/mol. The van der Waals surface area contributed by atoms with Crippen LogP contribution in [0.4, 0.5) is 4.79 Å². The van der Waals surface area contributed by atoms with Crippen LogP contribution < -0.4 is 10.6 Å². The van der Waals surface area contributed by atoms with E-state index >= 15 is 0 Å². The molecule has 2 aromatic rings. The van der Waals surface area contributed by atoms with Crippen LogP contribution in [0.1, 0.15) is 36.3 Å². The molecule has 1 fully saturated rings. The van der Waals surface area contributed by atoms with E-state index in [-0.39, 0.29) is 50.5 Å². The molecule has 8 heteroatoms. The zero-order chi connectivity index (χ0) is 23.2. The predicted molar refractivity (Wildman–Crippen MR) is 121 cm³/mol. The fraction of sp³-hybridized carbons (Fsp3) is 0.400. The third kappa shape index (κ3) is 5.70. The van der Waals surface area contributed by atoms with Crippen molar-refractivity contribution in [1.82, 2.24) is 10.6 Å². The van der Waals surface area contributed by atoms with Crippen molar-refractivity contribution in [3.8, 4) is 11.1 Å². The lowest BCUT2D eigenvalue weighted by Gasteiger charge is -2.19.